The van der Waals surface area contributed by atoms with Crippen LogP contribution < -0.4 is 4.74 Å². The fraction of sp³-hybridized carbons (Fsp3) is 0.200. The van der Waals surface area contributed by atoms with Gasteiger partial charge in [-0.25, -0.2) is 4.39 Å². The highest BCUT2D eigenvalue weighted by Crippen LogP contribution is 2.32. The summed E-state index contributed by atoms with van der Waals surface area (Å²) in [6, 6.07) is 9.54. The average molecular weight is 360 g/mol. The standard InChI is InChI=1S/C15H13BrClFO2/c1-2-20-10-5-3-9(4-6-10)15(19)11-7-13(17)12(16)8-14(11)18/h3-8,15,19H,2H2,1H3. The zero-order valence-electron chi connectivity index (χ0n) is 10.7. The molecule has 0 heterocycles. The van der Waals surface area contributed by atoms with Crippen LogP contribution in [0.4, 0.5) is 4.39 Å². The minimum absolute atomic E-state index is 0.141. The maximum Gasteiger partial charge on any atom is 0.130 e. The van der Waals surface area contributed by atoms with E-state index in [1.54, 1.807) is 24.3 Å². The fourth-order valence-electron chi connectivity index (χ4n) is 1.84. The lowest BCUT2D eigenvalue weighted by Crippen LogP contribution is -2.03. The minimum atomic E-state index is -1.07. The molecule has 0 bridgehead atoms. The number of aliphatic hydroxyl groups is 1. The predicted molar refractivity (Wildman–Crippen MR) is 80.8 cm³/mol. The first kappa shape index (κ1) is 15.3. The normalized spacial score (nSPS) is 12.2. The van der Waals surface area contributed by atoms with Gasteiger partial charge in [-0.05, 0) is 52.7 Å². The Balaban J connectivity index is 2.31. The van der Waals surface area contributed by atoms with Gasteiger partial charge in [0.15, 0.2) is 0 Å². The van der Waals surface area contributed by atoms with E-state index < -0.39 is 11.9 Å². The molecule has 0 aliphatic heterocycles. The quantitative estimate of drug-likeness (QED) is 0.800. The Labute approximate surface area is 130 Å². The summed E-state index contributed by atoms with van der Waals surface area (Å²) in [5, 5.41) is 10.6. The van der Waals surface area contributed by atoms with Crippen LogP contribution in [0.5, 0.6) is 5.75 Å². The Morgan fingerprint density at radius 1 is 1.30 bits per heavy atom. The molecular formula is C15H13BrClFO2. The molecule has 1 unspecified atom stereocenters. The summed E-state index contributed by atoms with van der Waals surface area (Å²) in [5.41, 5.74) is 0.716. The average Bonchev–Trinajstić information content (AvgIpc) is 2.43. The molecule has 5 heteroatoms. The van der Waals surface area contributed by atoms with E-state index in [4.69, 9.17) is 16.3 Å². The molecule has 1 N–H and O–H groups in total. The Morgan fingerprint density at radius 2 is 1.95 bits per heavy atom. The van der Waals surface area contributed by atoms with E-state index in [2.05, 4.69) is 15.9 Å². The molecule has 20 heavy (non-hydrogen) atoms. The minimum Gasteiger partial charge on any atom is -0.494 e. The van der Waals surface area contributed by atoms with E-state index >= 15 is 0 Å². The lowest BCUT2D eigenvalue weighted by Gasteiger charge is -2.14. The monoisotopic (exact) mass is 358 g/mol. The lowest BCUT2D eigenvalue weighted by atomic mass is 10.0. The van der Waals surface area contributed by atoms with Gasteiger partial charge in [0.05, 0.1) is 11.6 Å². The first-order valence-electron chi connectivity index (χ1n) is 6.08. The summed E-state index contributed by atoms with van der Waals surface area (Å²) in [5.74, 6) is 0.195. The number of benzene rings is 2. The smallest absolute Gasteiger partial charge is 0.130 e. The first-order chi connectivity index (χ1) is 9.52. The van der Waals surface area contributed by atoms with Gasteiger partial charge in [-0.2, -0.15) is 0 Å². The number of aliphatic hydroxyl groups excluding tert-OH is 1. The van der Waals surface area contributed by atoms with Crippen molar-refractivity contribution in [1.82, 2.24) is 0 Å². The van der Waals surface area contributed by atoms with Gasteiger partial charge >= 0.3 is 0 Å². The van der Waals surface area contributed by atoms with Crippen LogP contribution in [-0.2, 0) is 0 Å². The maximum atomic E-state index is 13.9. The summed E-state index contributed by atoms with van der Waals surface area (Å²) in [6.45, 7) is 2.46. The van der Waals surface area contributed by atoms with Crippen LogP contribution in [-0.4, -0.2) is 11.7 Å². The van der Waals surface area contributed by atoms with Crippen molar-refractivity contribution in [1.29, 1.82) is 0 Å². The van der Waals surface area contributed by atoms with Gasteiger partial charge < -0.3 is 9.84 Å². The highest BCUT2D eigenvalue weighted by Gasteiger charge is 2.17. The summed E-state index contributed by atoms with van der Waals surface area (Å²) in [4.78, 5) is 0. The molecule has 2 rings (SSSR count). The van der Waals surface area contributed by atoms with E-state index in [1.165, 1.54) is 12.1 Å². The Morgan fingerprint density at radius 3 is 2.55 bits per heavy atom. The zero-order valence-corrected chi connectivity index (χ0v) is 13.1. The van der Waals surface area contributed by atoms with Crippen molar-refractivity contribution < 1.29 is 14.2 Å². The third-order valence-electron chi connectivity index (χ3n) is 2.84. The molecule has 0 amide bonds. The van der Waals surface area contributed by atoms with Gasteiger partial charge in [0.1, 0.15) is 17.7 Å². The van der Waals surface area contributed by atoms with Gasteiger partial charge in [0.2, 0.25) is 0 Å². The second-order valence-electron chi connectivity index (χ2n) is 4.19. The van der Waals surface area contributed by atoms with Gasteiger partial charge in [0.25, 0.3) is 0 Å². The van der Waals surface area contributed by atoms with Crippen molar-refractivity contribution in [3.05, 3.63) is 62.8 Å². The summed E-state index contributed by atoms with van der Waals surface area (Å²) in [7, 11) is 0. The third kappa shape index (κ3) is 3.32. The largest absolute Gasteiger partial charge is 0.494 e. The molecule has 0 aromatic heterocycles. The van der Waals surface area contributed by atoms with Crippen LogP contribution in [0, 0.1) is 5.82 Å². The fourth-order valence-corrected chi connectivity index (χ4v) is 2.33. The Bertz CT molecular complexity index is 602. The summed E-state index contributed by atoms with van der Waals surface area (Å²) >= 11 is 9.08. The first-order valence-corrected chi connectivity index (χ1v) is 7.25. The van der Waals surface area contributed by atoms with Gasteiger partial charge in [-0.1, -0.05) is 23.7 Å². The van der Waals surface area contributed by atoms with E-state index in [9.17, 15) is 9.50 Å². The molecule has 0 radical (unpaired) electrons. The summed E-state index contributed by atoms with van der Waals surface area (Å²) in [6.07, 6.45) is -1.07. The van der Waals surface area contributed by atoms with Crippen LogP contribution >= 0.6 is 27.5 Å². The van der Waals surface area contributed by atoms with E-state index in [-0.39, 0.29) is 5.56 Å². The number of hydrogen-bond acceptors (Lipinski definition) is 2. The summed E-state index contributed by atoms with van der Waals surface area (Å²) < 4.78 is 19.7. The van der Waals surface area contributed by atoms with Crippen molar-refractivity contribution in [3.8, 4) is 5.75 Å². The Hall–Kier alpha value is -1.10. The molecule has 0 aliphatic carbocycles. The van der Waals surface area contributed by atoms with Crippen LogP contribution in [0.25, 0.3) is 0 Å². The topological polar surface area (TPSA) is 29.5 Å². The van der Waals surface area contributed by atoms with Crippen LogP contribution in [0.15, 0.2) is 40.9 Å². The molecule has 0 saturated heterocycles. The van der Waals surface area contributed by atoms with Crippen LogP contribution in [0.1, 0.15) is 24.2 Å². The molecule has 0 fully saturated rings. The van der Waals surface area contributed by atoms with Crippen LogP contribution in [0.2, 0.25) is 5.02 Å². The molecule has 0 spiro atoms. The van der Waals surface area contributed by atoms with Crippen molar-refractivity contribution in [2.75, 3.05) is 6.61 Å². The molecular weight excluding hydrogens is 347 g/mol. The number of halogens is 3. The highest BCUT2D eigenvalue weighted by atomic mass is 79.9. The van der Waals surface area contributed by atoms with Crippen molar-refractivity contribution in [3.63, 3.8) is 0 Å². The molecule has 2 aromatic carbocycles. The molecule has 2 aromatic rings. The molecule has 106 valence electrons. The molecule has 0 aliphatic rings. The lowest BCUT2D eigenvalue weighted by molar-refractivity contribution is 0.215. The SMILES string of the molecule is CCOc1ccc(C(O)c2cc(Cl)c(Br)cc2F)cc1. The van der Waals surface area contributed by atoms with Gasteiger partial charge in [0, 0.05) is 10.0 Å². The zero-order chi connectivity index (χ0) is 14.7. The van der Waals surface area contributed by atoms with Crippen molar-refractivity contribution >= 4 is 27.5 Å². The molecule has 2 nitrogen and oxygen atoms in total. The molecule has 0 saturated carbocycles. The Kier molecular flexibility index (Phi) is 5.02. The number of ether oxygens (including phenoxy) is 1. The van der Waals surface area contributed by atoms with Gasteiger partial charge in [-0.15, -0.1) is 0 Å². The number of rotatable bonds is 4. The van der Waals surface area contributed by atoms with E-state index in [0.717, 1.165) is 0 Å². The van der Waals surface area contributed by atoms with Crippen molar-refractivity contribution in [2.24, 2.45) is 0 Å². The van der Waals surface area contributed by atoms with E-state index in [0.29, 0.717) is 27.4 Å². The van der Waals surface area contributed by atoms with Crippen LogP contribution in [0.3, 0.4) is 0 Å². The highest BCUT2D eigenvalue weighted by molar-refractivity contribution is 9.10. The maximum absolute atomic E-state index is 13.9. The van der Waals surface area contributed by atoms with Gasteiger partial charge in [-0.3, -0.25) is 0 Å². The second-order valence-corrected chi connectivity index (χ2v) is 5.45. The second kappa shape index (κ2) is 6.57. The van der Waals surface area contributed by atoms with Crippen molar-refractivity contribution in [2.45, 2.75) is 13.0 Å². The predicted octanol–water partition coefficient (Wildman–Crippen LogP) is 4.72. The third-order valence-corrected chi connectivity index (χ3v) is 4.04. The van der Waals surface area contributed by atoms with E-state index in [1.807, 2.05) is 6.92 Å². The molecule has 1 atom stereocenters. The number of hydrogen-bond donors (Lipinski definition) is 1.